The van der Waals surface area contributed by atoms with Gasteiger partial charge in [0.15, 0.2) is 0 Å². The van der Waals surface area contributed by atoms with Gasteiger partial charge in [-0.05, 0) is 13.0 Å². The van der Waals surface area contributed by atoms with Crippen LogP contribution in [0.5, 0.6) is 0 Å². The van der Waals surface area contributed by atoms with E-state index in [-0.39, 0.29) is 0 Å². The van der Waals surface area contributed by atoms with Gasteiger partial charge in [0.25, 0.3) is 0 Å². The average molecular weight is 177 g/mol. The topological polar surface area (TPSA) is 21.3 Å². The highest BCUT2D eigenvalue weighted by atomic mass is 16.5. The Kier molecular flexibility index (Phi) is 33.4. The van der Waals surface area contributed by atoms with Crippen molar-refractivity contribution in [3.63, 3.8) is 0 Å². The SMILES string of the molecule is CC.CC(C)C.CNCCOC. The Bertz CT molecular complexity index is 40.3. The fourth-order valence-electron chi connectivity index (χ4n) is 0.204. The maximum Gasteiger partial charge on any atom is 0.0587 e. The number of rotatable bonds is 3. The summed E-state index contributed by atoms with van der Waals surface area (Å²) < 4.78 is 4.72. The summed E-state index contributed by atoms with van der Waals surface area (Å²) in [5, 5.41) is 2.94. The van der Waals surface area contributed by atoms with E-state index in [2.05, 4.69) is 26.1 Å². The third kappa shape index (κ3) is 92.6. The Hall–Kier alpha value is -0.0800. The molecule has 0 aliphatic carbocycles. The van der Waals surface area contributed by atoms with Gasteiger partial charge in [0.2, 0.25) is 0 Å². The van der Waals surface area contributed by atoms with Crippen molar-refractivity contribution >= 4 is 0 Å². The lowest BCUT2D eigenvalue weighted by Crippen LogP contribution is -2.12. The van der Waals surface area contributed by atoms with Crippen LogP contribution in [0.3, 0.4) is 0 Å². The van der Waals surface area contributed by atoms with Crippen LogP contribution >= 0.6 is 0 Å². The van der Waals surface area contributed by atoms with Crippen molar-refractivity contribution < 1.29 is 4.74 Å². The molecule has 0 rings (SSSR count). The van der Waals surface area contributed by atoms with E-state index in [0.717, 1.165) is 19.1 Å². The van der Waals surface area contributed by atoms with Crippen molar-refractivity contribution in [1.29, 1.82) is 0 Å². The van der Waals surface area contributed by atoms with Gasteiger partial charge in [0.1, 0.15) is 0 Å². The summed E-state index contributed by atoms with van der Waals surface area (Å²) in [5.74, 6) is 0.833. The summed E-state index contributed by atoms with van der Waals surface area (Å²) in [6.07, 6.45) is 0. The van der Waals surface area contributed by atoms with Gasteiger partial charge >= 0.3 is 0 Å². The van der Waals surface area contributed by atoms with Crippen LogP contribution in [0.4, 0.5) is 0 Å². The van der Waals surface area contributed by atoms with E-state index in [1.165, 1.54) is 0 Å². The molecule has 0 unspecified atom stereocenters. The summed E-state index contributed by atoms with van der Waals surface area (Å²) in [5.41, 5.74) is 0. The third-order valence-corrected chi connectivity index (χ3v) is 0.556. The number of methoxy groups -OCH3 is 1. The van der Waals surface area contributed by atoms with E-state index in [4.69, 9.17) is 4.74 Å². The van der Waals surface area contributed by atoms with E-state index >= 15 is 0 Å². The van der Waals surface area contributed by atoms with E-state index in [9.17, 15) is 0 Å². The van der Waals surface area contributed by atoms with E-state index in [1.807, 2.05) is 20.9 Å². The molecule has 0 fully saturated rings. The van der Waals surface area contributed by atoms with Crippen molar-refractivity contribution in [2.45, 2.75) is 34.6 Å². The quantitative estimate of drug-likeness (QED) is 0.669. The smallest absolute Gasteiger partial charge is 0.0587 e. The molecule has 78 valence electrons. The molecule has 0 radical (unpaired) electrons. The van der Waals surface area contributed by atoms with Crippen LogP contribution in [0, 0.1) is 5.92 Å². The first-order chi connectivity index (χ1) is 5.65. The monoisotopic (exact) mass is 177 g/mol. The van der Waals surface area contributed by atoms with Crippen LogP contribution in [-0.4, -0.2) is 27.3 Å². The Balaban J connectivity index is -0.000000118. The minimum Gasteiger partial charge on any atom is -0.383 e. The van der Waals surface area contributed by atoms with E-state index < -0.39 is 0 Å². The van der Waals surface area contributed by atoms with Crippen LogP contribution in [0.25, 0.3) is 0 Å². The maximum absolute atomic E-state index is 4.72. The average Bonchev–Trinajstić information content (AvgIpc) is 2.04. The summed E-state index contributed by atoms with van der Waals surface area (Å²) in [7, 11) is 3.59. The molecule has 0 saturated heterocycles. The molecule has 0 saturated carbocycles. The summed E-state index contributed by atoms with van der Waals surface area (Å²) in [4.78, 5) is 0. The van der Waals surface area contributed by atoms with Crippen LogP contribution in [0.2, 0.25) is 0 Å². The Labute approximate surface area is 78.7 Å². The zero-order valence-electron chi connectivity index (χ0n) is 9.90. The fourth-order valence-corrected chi connectivity index (χ4v) is 0.204. The molecule has 0 atom stereocenters. The van der Waals surface area contributed by atoms with Gasteiger partial charge in [0, 0.05) is 13.7 Å². The minimum atomic E-state index is 0.802. The fraction of sp³-hybridized carbons (Fsp3) is 1.00. The van der Waals surface area contributed by atoms with Crippen LogP contribution in [-0.2, 0) is 4.74 Å². The second kappa shape index (κ2) is 22.4. The maximum atomic E-state index is 4.72. The first kappa shape index (κ1) is 17.9. The molecule has 0 aliphatic heterocycles. The van der Waals surface area contributed by atoms with Gasteiger partial charge in [-0.15, -0.1) is 0 Å². The first-order valence-corrected chi connectivity index (χ1v) is 4.78. The lowest BCUT2D eigenvalue weighted by molar-refractivity contribution is 0.201. The van der Waals surface area contributed by atoms with Gasteiger partial charge in [-0.25, -0.2) is 0 Å². The molecule has 0 aromatic rings. The second-order valence-corrected chi connectivity index (χ2v) is 2.83. The highest BCUT2D eigenvalue weighted by Gasteiger charge is 1.72. The largest absolute Gasteiger partial charge is 0.383 e. The normalized spacial score (nSPS) is 8.00. The molecule has 0 spiro atoms. The van der Waals surface area contributed by atoms with Gasteiger partial charge < -0.3 is 10.1 Å². The highest BCUT2D eigenvalue weighted by Crippen LogP contribution is 1.81. The molecule has 12 heavy (non-hydrogen) atoms. The van der Waals surface area contributed by atoms with E-state index in [0.29, 0.717) is 0 Å². The van der Waals surface area contributed by atoms with Crippen molar-refractivity contribution in [1.82, 2.24) is 5.32 Å². The van der Waals surface area contributed by atoms with Gasteiger partial charge in [-0.1, -0.05) is 34.6 Å². The van der Waals surface area contributed by atoms with Gasteiger partial charge in [-0.2, -0.15) is 0 Å². The van der Waals surface area contributed by atoms with Crippen molar-refractivity contribution in [2.24, 2.45) is 5.92 Å². The standard InChI is InChI=1S/C4H11NO.C4H10.C2H6/c1-5-3-4-6-2;1-4(2)3;1-2/h5H,3-4H2,1-2H3;4H,1-3H3;1-2H3. The molecule has 0 aromatic heterocycles. The summed E-state index contributed by atoms with van der Waals surface area (Å²) in [6.45, 7) is 12.2. The molecular weight excluding hydrogens is 150 g/mol. The Morgan fingerprint density at radius 3 is 1.58 bits per heavy atom. The van der Waals surface area contributed by atoms with E-state index in [1.54, 1.807) is 7.11 Å². The van der Waals surface area contributed by atoms with Crippen molar-refractivity contribution in [2.75, 3.05) is 27.3 Å². The molecule has 0 bridgehead atoms. The zero-order valence-corrected chi connectivity index (χ0v) is 9.90. The van der Waals surface area contributed by atoms with Gasteiger partial charge in [-0.3, -0.25) is 0 Å². The highest BCUT2D eigenvalue weighted by molar-refractivity contribution is 4.30. The minimum absolute atomic E-state index is 0.802. The van der Waals surface area contributed by atoms with Crippen LogP contribution in [0.1, 0.15) is 34.6 Å². The number of hydrogen-bond donors (Lipinski definition) is 1. The summed E-state index contributed by atoms with van der Waals surface area (Å²) >= 11 is 0. The number of nitrogens with one attached hydrogen (secondary N) is 1. The molecule has 1 N–H and O–H groups in total. The Morgan fingerprint density at radius 2 is 1.50 bits per heavy atom. The molecule has 2 heteroatoms. The first-order valence-electron chi connectivity index (χ1n) is 4.78. The molecule has 0 amide bonds. The predicted molar refractivity (Wildman–Crippen MR) is 57.7 cm³/mol. The number of ether oxygens (including phenoxy) is 1. The van der Waals surface area contributed by atoms with Crippen molar-refractivity contribution in [3.8, 4) is 0 Å². The van der Waals surface area contributed by atoms with Gasteiger partial charge in [0.05, 0.1) is 6.61 Å². The summed E-state index contributed by atoms with van der Waals surface area (Å²) in [6, 6.07) is 0. The second-order valence-electron chi connectivity index (χ2n) is 2.83. The molecular formula is C10H27NO. The lowest BCUT2D eigenvalue weighted by atomic mass is 10.3. The molecule has 0 heterocycles. The molecule has 0 aliphatic rings. The number of likely N-dealkylation sites (N-methyl/N-ethyl adjacent to an activating group) is 1. The van der Waals surface area contributed by atoms with Crippen LogP contribution in [0.15, 0.2) is 0 Å². The van der Waals surface area contributed by atoms with Crippen molar-refractivity contribution in [3.05, 3.63) is 0 Å². The third-order valence-electron chi connectivity index (χ3n) is 0.556. The zero-order chi connectivity index (χ0) is 10.4. The lowest BCUT2D eigenvalue weighted by Gasteiger charge is -1.92. The molecule has 2 nitrogen and oxygen atoms in total. The van der Waals surface area contributed by atoms with Crippen LogP contribution < -0.4 is 5.32 Å². The Morgan fingerprint density at radius 1 is 1.17 bits per heavy atom. The number of hydrogen-bond acceptors (Lipinski definition) is 2. The predicted octanol–water partition coefficient (Wildman–Crippen LogP) is 2.54. The molecule has 0 aromatic carbocycles.